The predicted molar refractivity (Wildman–Crippen MR) is 33.0 cm³/mol. The van der Waals surface area contributed by atoms with Gasteiger partial charge in [-0.2, -0.15) is 26.3 Å². The van der Waals surface area contributed by atoms with E-state index in [1.54, 1.807) is 0 Å². The Balaban J connectivity index is 2.85. The molecule has 1 aliphatic carbocycles. The van der Waals surface area contributed by atoms with Crippen molar-refractivity contribution in [3.63, 3.8) is 0 Å². The summed E-state index contributed by atoms with van der Waals surface area (Å²) in [5.41, 5.74) is 0. The number of alkyl halides is 6. The zero-order valence-electron chi connectivity index (χ0n) is 5.88. The molecule has 0 saturated heterocycles. The van der Waals surface area contributed by atoms with Crippen molar-refractivity contribution < 1.29 is 26.3 Å². The molecule has 0 fully saturated rings. The van der Waals surface area contributed by atoms with Crippen molar-refractivity contribution in [3.8, 4) is 0 Å². The van der Waals surface area contributed by atoms with Gasteiger partial charge in [-0.05, 0) is 0 Å². The fourth-order valence-corrected chi connectivity index (χ4v) is 1.46. The second kappa shape index (κ2) is 2.80. The van der Waals surface area contributed by atoms with Crippen molar-refractivity contribution in [2.24, 2.45) is 11.8 Å². The third kappa shape index (κ3) is 1.92. The van der Waals surface area contributed by atoms with Crippen molar-refractivity contribution in [3.05, 3.63) is 11.1 Å². The van der Waals surface area contributed by atoms with Gasteiger partial charge >= 0.3 is 12.4 Å². The van der Waals surface area contributed by atoms with Gasteiger partial charge in [-0.1, -0.05) is 17.7 Å². The van der Waals surface area contributed by atoms with Crippen LogP contribution < -0.4 is 0 Å². The zero-order chi connectivity index (χ0) is 10.4. The standard InChI is InChI=1S/C6H3ClF6/c7-3-1-2(5(8,9)10)4(3)6(11,12)13/h1-2,4H. The van der Waals surface area contributed by atoms with Crippen LogP contribution >= 0.6 is 11.6 Å². The summed E-state index contributed by atoms with van der Waals surface area (Å²) in [5, 5.41) is -0.783. The number of rotatable bonds is 0. The summed E-state index contributed by atoms with van der Waals surface area (Å²) in [7, 11) is 0. The van der Waals surface area contributed by atoms with Crippen molar-refractivity contribution in [1.29, 1.82) is 0 Å². The van der Waals surface area contributed by atoms with Gasteiger partial charge in [0.2, 0.25) is 0 Å². The summed E-state index contributed by atoms with van der Waals surface area (Å²) >= 11 is 4.94. The van der Waals surface area contributed by atoms with Gasteiger partial charge in [0.05, 0.1) is 5.92 Å². The maximum Gasteiger partial charge on any atom is 0.397 e. The minimum absolute atomic E-state index is 0.375. The molecule has 0 aliphatic heterocycles. The molecule has 0 N–H and O–H groups in total. The van der Waals surface area contributed by atoms with Crippen LogP contribution in [0.2, 0.25) is 0 Å². The lowest BCUT2D eigenvalue weighted by molar-refractivity contribution is -0.240. The normalized spacial score (nSPS) is 29.6. The van der Waals surface area contributed by atoms with Gasteiger partial charge in [0.15, 0.2) is 0 Å². The van der Waals surface area contributed by atoms with E-state index in [1.165, 1.54) is 0 Å². The molecule has 76 valence electrons. The van der Waals surface area contributed by atoms with E-state index in [1.807, 2.05) is 0 Å². The first-order valence-corrected chi connectivity index (χ1v) is 3.52. The second-order valence-corrected chi connectivity index (χ2v) is 3.07. The first kappa shape index (κ1) is 10.7. The van der Waals surface area contributed by atoms with Crippen LogP contribution in [0.3, 0.4) is 0 Å². The summed E-state index contributed by atoms with van der Waals surface area (Å²) in [4.78, 5) is 0. The molecule has 7 heteroatoms. The number of hydrogen-bond donors (Lipinski definition) is 0. The first-order chi connectivity index (χ1) is 5.64. The average Bonchev–Trinajstić information content (AvgIpc) is 1.75. The lowest BCUT2D eigenvalue weighted by Crippen LogP contribution is -2.43. The molecule has 0 spiro atoms. The highest BCUT2D eigenvalue weighted by molar-refractivity contribution is 6.30. The molecule has 0 bridgehead atoms. The fraction of sp³-hybridized carbons (Fsp3) is 0.667. The molecule has 0 saturated carbocycles. The van der Waals surface area contributed by atoms with Gasteiger partial charge in [-0.3, -0.25) is 0 Å². The van der Waals surface area contributed by atoms with Crippen molar-refractivity contribution >= 4 is 11.6 Å². The van der Waals surface area contributed by atoms with Crippen LogP contribution in [0.4, 0.5) is 26.3 Å². The van der Waals surface area contributed by atoms with Crippen molar-refractivity contribution in [2.45, 2.75) is 12.4 Å². The molecule has 2 atom stereocenters. The highest BCUT2D eigenvalue weighted by Gasteiger charge is 2.60. The Kier molecular flexibility index (Phi) is 2.30. The van der Waals surface area contributed by atoms with Crippen molar-refractivity contribution in [1.82, 2.24) is 0 Å². The molecule has 0 aromatic heterocycles. The Labute approximate surface area is 74.2 Å². The Morgan fingerprint density at radius 3 is 1.62 bits per heavy atom. The molecule has 0 aromatic rings. The maximum absolute atomic E-state index is 11.9. The molecule has 2 unspecified atom stereocenters. The number of allylic oxidation sites excluding steroid dienone is 2. The molecule has 1 aliphatic rings. The van der Waals surface area contributed by atoms with Gasteiger partial charge in [0, 0.05) is 5.03 Å². The van der Waals surface area contributed by atoms with E-state index in [-0.39, 0.29) is 0 Å². The molecule has 13 heavy (non-hydrogen) atoms. The van der Waals surface area contributed by atoms with E-state index in [9.17, 15) is 26.3 Å². The largest absolute Gasteiger partial charge is 0.397 e. The molecule has 1 rings (SSSR count). The van der Waals surface area contributed by atoms with Gasteiger partial charge < -0.3 is 0 Å². The van der Waals surface area contributed by atoms with Crippen molar-refractivity contribution in [2.75, 3.05) is 0 Å². The maximum atomic E-state index is 11.9. The lowest BCUT2D eigenvalue weighted by Gasteiger charge is -2.35. The molecule has 0 aromatic carbocycles. The summed E-state index contributed by atoms with van der Waals surface area (Å²) < 4.78 is 71.3. The van der Waals surface area contributed by atoms with Gasteiger partial charge in [-0.15, -0.1) is 0 Å². The van der Waals surface area contributed by atoms with Crippen LogP contribution in [0, 0.1) is 11.8 Å². The van der Waals surface area contributed by atoms with E-state index in [0.29, 0.717) is 6.08 Å². The highest BCUT2D eigenvalue weighted by Crippen LogP contribution is 2.52. The van der Waals surface area contributed by atoms with Gasteiger partial charge in [0.1, 0.15) is 5.92 Å². The molecule has 0 heterocycles. The lowest BCUT2D eigenvalue weighted by atomic mass is 9.81. The quantitative estimate of drug-likeness (QED) is 0.553. The van der Waals surface area contributed by atoms with E-state index in [2.05, 4.69) is 0 Å². The molecule has 0 amide bonds. The molecular weight excluding hydrogens is 222 g/mol. The molecule has 0 radical (unpaired) electrons. The minimum Gasteiger partial charge on any atom is -0.170 e. The Morgan fingerprint density at radius 2 is 1.46 bits per heavy atom. The number of hydrogen-bond acceptors (Lipinski definition) is 0. The van der Waals surface area contributed by atoms with Gasteiger partial charge in [-0.25, -0.2) is 0 Å². The van der Waals surface area contributed by atoms with Gasteiger partial charge in [0.25, 0.3) is 0 Å². The Hall–Kier alpha value is -0.390. The highest BCUT2D eigenvalue weighted by atomic mass is 35.5. The SMILES string of the molecule is FC(F)(F)C1C=C(Cl)C1C(F)(F)F. The van der Waals surface area contributed by atoms with E-state index >= 15 is 0 Å². The van der Waals surface area contributed by atoms with E-state index < -0.39 is 29.2 Å². The molecular formula is C6H3ClF6. The summed E-state index contributed by atoms with van der Waals surface area (Å²) in [6, 6.07) is 0. The van der Waals surface area contributed by atoms with Crippen LogP contribution in [0.15, 0.2) is 11.1 Å². The third-order valence-electron chi connectivity index (χ3n) is 1.73. The van der Waals surface area contributed by atoms with Crippen LogP contribution in [0.5, 0.6) is 0 Å². The Bertz CT molecular complexity index is 236. The summed E-state index contributed by atoms with van der Waals surface area (Å²) in [5.74, 6) is -5.06. The summed E-state index contributed by atoms with van der Waals surface area (Å²) in [6.07, 6.45) is -9.43. The topological polar surface area (TPSA) is 0 Å². The summed E-state index contributed by atoms with van der Waals surface area (Å²) in [6.45, 7) is 0. The average molecular weight is 225 g/mol. The van der Waals surface area contributed by atoms with E-state index in [4.69, 9.17) is 11.6 Å². The Morgan fingerprint density at radius 1 is 1.00 bits per heavy atom. The monoisotopic (exact) mass is 224 g/mol. The second-order valence-electron chi connectivity index (χ2n) is 2.64. The van der Waals surface area contributed by atoms with E-state index in [0.717, 1.165) is 0 Å². The first-order valence-electron chi connectivity index (χ1n) is 3.14. The van der Waals surface area contributed by atoms with Crippen LogP contribution in [-0.2, 0) is 0 Å². The van der Waals surface area contributed by atoms with Crippen LogP contribution in [0.25, 0.3) is 0 Å². The van der Waals surface area contributed by atoms with Crippen LogP contribution in [-0.4, -0.2) is 12.4 Å². The smallest absolute Gasteiger partial charge is 0.170 e. The molecule has 0 nitrogen and oxygen atoms in total. The fourth-order valence-electron chi connectivity index (χ4n) is 1.07. The predicted octanol–water partition coefficient (Wildman–Crippen LogP) is 3.48. The third-order valence-corrected chi connectivity index (χ3v) is 2.09. The number of halogens is 7. The van der Waals surface area contributed by atoms with Crippen LogP contribution in [0.1, 0.15) is 0 Å². The minimum atomic E-state index is -4.92. The zero-order valence-corrected chi connectivity index (χ0v) is 6.63.